The lowest BCUT2D eigenvalue weighted by atomic mass is 10.0. The van der Waals surface area contributed by atoms with Crippen LogP contribution < -0.4 is 10.6 Å². The molecule has 2 N–H and O–H groups in total. The average Bonchev–Trinajstić information content (AvgIpc) is 2.55. The van der Waals surface area contributed by atoms with Gasteiger partial charge in [0.1, 0.15) is 0 Å². The largest absolute Gasteiger partial charge is 0.381 e. The van der Waals surface area contributed by atoms with Crippen LogP contribution in [0, 0.1) is 5.92 Å². The van der Waals surface area contributed by atoms with Crippen LogP contribution in [-0.2, 0) is 9.47 Å². The summed E-state index contributed by atoms with van der Waals surface area (Å²) in [6, 6.07) is 0.458. The lowest BCUT2D eigenvalue weighted by molar-refractivity contribution is -0.0318. The SMILES string of the molecule is CCNC(=NCCCOC1CCOCC1)NC(C)CCCC(C)C. The van der Waals surface area contributed by atoms with Gasteiger partial charge in [0.05, 0.1) is 6.10 Å². The molecule has 0 aromatic carbocycles. The van der Waals surface area contributed by atoms with Gasteiger partial charge in [-0.15, -0.1) is 0 Å². The van der Waals surface area contributed by atoms with E-state index in [1.54, 1.807) is 0 Å². The van der Waals surface area contributed by atoms with Gasteiger partial charge in [-0.1, -0.05) is 26.7 Å². The summed E-state index contributed by atoms with van der Waals surface area (Å²) in [5.41, 5.74) is 0. The van der Waals surface area contributed by atoms with E-state index >= 15 is 0 Å². The molecule has 0 spiro atoms. The van der Waals surface area contributed by atoms with Gasteiger partial charge >= 0.3 is 0 Å². The average molecular weight is 342 g/mol. The van der Waals surface area contributed by atoms with E-state index in [2.05, 4.69) is 43.3 Å². The summed E-state index contributed by atoms with van der Waals surface area (Å²) in [6.07, 6.45) is 7.16. The molecule has 1 fully saturated rings. The Balaban J connectivity index is 2.18. The Morgan fingerprint density at radius 3 is 2.58 bits per heavy atom. The second-order valence-electron chi connectivity index (χ2n) is 7.17. The van der Waals surface area contributed by atoms with E-state index in [-0.39, 0.29) is 0 Å². The van der Waals surface area contributed by atoms with Crippen molar-refractivity contribution in [2.45, 2.75) is 78.4 Å². The van der Waals surface area contributed by atoms with Crippen LogP contribution >= 0.6 is 0 Å². The third-order valence-electron chi connectivity index (χ3n) is 4.24. The van der Waals surface area contributed by atoms with E-state index in [0.717, 1.165) is 64.1 Å². The maximum Gasteiger partial charge on any atom is 0.191 e. The van der Waals surface area contributed by atoms with Gasteiger partial charge in [-0.3, -0.25) is 4.99 Å². The van der Waals surface area contributed by atoms with Crippen molar-refractivity contribution in [1.29, 1.82) is 0 Å². The molecule has 1 aliphatic heterocycles. The third kappa shape index (κ3) is 10.9. The van der Waals surface area contributed by atoms with Gasteiger partial charge in [0.25, 0.3) is 0 Å². The summed E-state index contributed by atoms with van der Waals surface area (Å²) in [7, 11) is 0. The van der Waals surface area contributed by atoms with Gasteiger partial charge in [-0.05, 0) is 45.4 Å². The van der Waals surface area contributed by atoms with Gasteiger partial charge in [0, 0.05) is 39.0 Å². The Morgan fingerprint density at radius 1 is 1.17 bits per heavy atom. The molecule has 5 nitrogen and oxygen atoms in total. The number of aliphatic imine (C=N–C) groups is 1. The molecule has 1 unspecified atom stereocenters. The van der Waals surface area contributed by atoms with E-state index in [0.29, 0.717) is 12.1 Å². The van der Waals surface area contributed by atoms with Gasteiger partial charge in [-0.2, -0.15) is 0 Å². The normalized spacial score (nSPS) is 18.0. The molecule has 5 heteroatoms. The molecule has 0 radical (unpaired) electrons. The molecule has 1 rings (SSSR count). The monoisotopic (exact) mass is 341 g/mol. The minimum Gasteiger partial charge on any atom is -0.381 e. The molecule has 0 aromatic heterocycles. The van der Waals surface area contributed by atoms with Gasteiger partial charge in [-0.25, -0.2) is 0 Å². The maximum absolute atomic E-state index is 5.89. The van der Waals surface area contributed by atoms with Crippen molar-refractivity contribution in [3.8, 4) is 0 Å². The molecule has 0 aromatic rings. The van der Waals surface area contributed by atoms with E-state index in [1.807, 2.05) is 0 Å². The van der Waals surface area contributed by atoms with Crippen molar-refractivity contribution in [1.82, 2.24) is 10.6 Å². The minimum absolute atomic E-state index is 0.384. The number of hydrogen-bond donors (Lipinski definition) is 2. The fraction of sp³-hybridized carbons (Fsp3) is 0.947. The summed E-state index contributed by atoms with van der Waals surface area (Å²) >= 11 is 0. The summed E-state index contributed by atoms with van der Waals surface area (Å²) in [5.74, 6) is 1.72. The summed E-state index contributed by atoms with van der Waals surface area (Å²) in [5, 5.41) is 6.85. The van der Waals surface area contributed by atoms with Gasteiger partial charge in [0.2, 0.25) is 0 Å². The van der Waals surface area contributed by atoms with Crippen molar-refractivity contribution >= 4 is 5.96 Å². The molecule has 1 aliphatic rings. The van der Waals surface area contributed by atoms with Crippen molar-refractivity contribution in [2.75, 3.05) is 32.9 Å². The second-order valence-corrected chi connectivity index (χ2v) is 7.17. The molecular formula is C19H39N3O2. The van der Waals surface area contributed by atoms with Gasteiger partial charge in [0.15, 0.2) is 5.96 Å². The van der Waals surface area contributed by atoms with Crippen molar-refractivity contribution in [2.24, 2.45) is 10.9 Å². The molecule has 1 atom stereocenters. The molecule has 0 saturated carbocycles. The molecule has 0 bridgehead atoms. The Bertz CT molecular complexity index is 329. The highest BCUT2D eigenvalue weighted by Gasteiger charge is 2.13. The summed E-state index contributed by atoms with van der Waals surface area (Å²) < 4.78 is 11.2. The van der Waals surface area contributed by atoms with Crippen LogP contribution in [0.15, 0.2) is 4.99 Å². The number of hydrogen-bond acceptors (Lipinski definition) is 3. The van der Waals surface area contributed by atoms with Crippen LogP contribution in [0.2, 0.25) is 0 Å². The fourth-order valence-electron chi connectivity index (χ4n) is 2.81. The fourth-order valence-corrected chi connectivity index (χ4v) is 2.81. The van der Waals surface area contributed by atoms with Crippen molar-refractivity contribution in [3.05, 3.63) is 0 Å². The summed E-state index contributed by atoms with van der Waals surface area (Å²) in [6.45, 7) is 13.1. The first-order valence-electron chi connectivity index (χ1n) is 9.86. The lowest BCUT2D eigenvalue weighted by Crippen LogP contribution is -2.42. The Hall–Kier alpha value is -0.810. The smallest absolute Gasteiger partial charge is 0.191 e. The Morgan fingerprint density at radius 2 is 1.92 bits per heavy atom. The van der Waals surface area contributed by atoms with E-state index in [9.17, 15) is 0 Å². The molecule has 1 saturated heterocycles. The van der Waals surface area contributed by atoms with E-state index in [4.69, 9.17) is 9.47 Å². The van der Waals surface area contributed by atoms with Crippen LogP contribution in [0.25, 0.3) is 0 Å². The molecule has 0 aliphatic carbocycles. The van der Waals surface area contributed by atoms with Crippen molar-refractivity contribution < 1.29 is 9.47 Å². The first kappa shape index (κ1) is 21.2. The number of nitrogens with zero attached hydrogens (tertiary/aromatic N) is 1. The molecule has 0 amide bonds. The number of rotatable bonds is 11. The molecule has 1 heterocycles. The first-order chi connectivity index (χ1) is 11.6. The first-order valence-corrected chi connectivity index (χ1v) is 9.86. The number of nitrogens with one attached hydrogen (secondary N) is 2. The zero-order valence-electron chi connectivity index (χ0n) is 16.3. The quantitative estimate of drug-likeness (QED) is 0.344. The standard InChI is InChI=1S/C19H39N3O2/c1-5-20-19(22-17(4)9-6-8-16(2)3)21-12-7-13-24-18-10-14-23-15-11-18/h16-18H,5-15H2,1-4H3,(H2,20,21,22). The Labute approximate surface area is 149 Å². The topological polar surface area (TPSA) is 54.9 Å². The van der Waals surface area contributed by atoms with Crippen molar-refractivity contribution in [3.63, 3.8) is 0 Å². The maximum atomic E-state index is 5.89. The zero-order valence-corrected chi connectivity index (χ0v) is 16.3. The van der Waals surface area contributed by atoms with Gasteiger partial charge < -0.3 is 20.1 Å². The highest BCUT2D eigenvalue weighted by atomic mass is 16.5. The molecular weight excluding hydrogens is 302 g/mol. The third-order valence-corrected chi connectivity index (χ3v) is 4.24. The lowest BCUT2D eigenvalue weighted by Gasteiger charge is -2.22. The minimum atomic E-state index is 0.384. The Kier molecular flexibility index (Phi) is 11.9. The van der Waals surface area contributed by atoms with E-state index < -0.39 is 0 Å². The predicted octanol–water partition coefficient (Wildman–Crippen LogP) is 3.34. The number of guanidine groups is 1. The highest BCUT2D eigenvalue weighted by molar-refractivity contribution is 5.79. The number of ether oxygens (including phenoxy) is 2. The van der Waals surface area contributed by atoms with Crippen LogP contribution in [0.3, 0.4) is 0 Å². The highest BCUT2D eigenvalue weighted by Crippen LogP contribution is 2.10. The van der Waals surface area contributed by atoms with E-state index in [1.165, 1.54) is 19.3 Å². The van der Waals surface area contributed by atoms with Crippen LogP contribution in [0.5, 0.6) is 0 Å². The van der Waals surface area contributed by atoms with Crippen LogP contribution in [0.1, 0.15) is 66.2 Å². The zero-order chi connectivity index (χ0) is 17.6. The predicted molar refractivity (Wildman–Crippen MR) is 102 cm³/mol. The molecule has 142 valence electrons. The van der Waals surface area contributed by atoms with Crippen LogP contribution in [-0.4, -0.2) is 51.0 Å². The van der Waals surface area contributed by atoms with Crippen LogP contribution in [0.4, 0.5) is 0 Å². The molecule has 24 heavy (non-hydrogen) atoms. The second kappa shape index (κ2) is 13.5. The summed E-state index contributed by atoms with van der Waals surface area (Å²) in [4.78, 5) is 4.67.